The maximum absolute atomic E-state index is 11.7. The summed E-state index contributed by atoms with van der Waals surface area (Å²) < 4.78 is 5.54. The number of carboxylic acids is 1. The van der Waals surface area contributed by atoms with Crippen LogP contribution in [0.3, 0.4) is 0 Å². The number of aliphatic hydroxyl groups excluding tert-OH is 1. The molecule has 0 spiro atoms. The van der Waals surface area contributed by atoms with Crippen molar-refractivity contribution in [2.45, 2.75) is 25.6 Å². The van der Waals surface area contributed by atoms with Gasteiger partial charge < -0.3 is 25.2 Å². The van der Waals surface area contributed by atoms with Crippen molar-refractivity contribution in [2.75, 3.05) is 26.2 Å². The van der Waals surface area contributed by atoms with Crippen LogP contribution in [0, 0.1) is 0 Å². The number of morpholine rings is 1. The molecule has 98 valence electrons. The lowest BCUT2D eigenvalue weighted by atomic mass is 10.1. The van der Waals surface area contributed by atoms with Gasteiger partial charge in [-0.05, 0) is 13.8 Å². The number of carboxylic acid groups (broad SMARTS) is 1. The van der Waals surface area contributed by atoms with Crippen molar-refractivity contribution in [3.05, 3.63) is 0 Å². The number of hydrogen-bond donors (Lipinski definition) is 3. The molecule has 1 aliphatic heterocycles. The maximum Gasteiger partial charge on any atom is 0.323 e. The fraction of sp³-hybridized carbons (Fsp3) is 0.800. The molecule has 0 aromatic rings. The van der Waals surface area contributed by atoms with E-state index < -0.39 is 30.3 Å². The van der Waals surface area contributed by atoms with E-state index in [9.17, 15) is 9.59 Å². The minimum Gasteiger partial charge on any atom is -0.480 e. The van der Waals surface area contributed by atoms with Crippen molar-refractivity contribution in [1.82, 2.24) is 10.2 Å². The van der Waals surface area contributed by atoms with Crippen molar-refractivity contribution >= 4 is 12.0 Å². The Labute approximate surface area is 99.4 Å². The van der Waals surface area contributed by atoms with Gasteiger partial charge in [0.05, 0.1) is 31.4 Å². The Morgan fingerprint density at radius 1 is 1.53 bits per heavy atom. The third-order valence-corrected chi connectivity index (χ3v) is 2.36. The third kappa shape index (κ3) is 4.20. The Morgan fingerprint density at radius 3 is 2.71 bits per heavy atom. The molecule has 0 aliphatic carbocycles. The first-order valence-electron chi connectivity index (χ1n) is 5.37. The number of aliphatic hydroxyl groups is 1. The minimum absolute atomic E-state index is 0.174. The van der Waals surface area contributed by atoms with Crippen molar-refractivity contribution in [1.29, 1.82) is 0 Å². The Balaban J connectivity index is 2.57. The Morgan fingerprint density at radius 2 is 2.18 bits per heavy atom. The lowest BCUT2D eigenvalue weighted by Crippen LogP contribution is -2.58. The number of carbonyl (C=O) groups is 2. The van der Waals surface area contributed by atoms with Crippen LogP contribution < -0.4 is 5.32 Å². The molecule has 1 saturated heterocycles. The Hall–Kier alpha value is -1.34. The molecule has 0 bridgehead atoms. The molecule has 0 aromatic carbocycles. The second-order valence-corrected chi connectivity index (χ2v) is 4.62. The molecule has 1 fully saturated rings. The molecule has 1 aliphatic rings. The molecule has 1 unspecified atom stereocenters. The fourth-order valence-corrected chi connectivity index (χ4v) is 1.81. The van der Waals surface area contributed by atoms with Gasteiger partial charge in [-0.1, -0.05) is 0 Å². The predicted molar refractivity (Wildman–Crippen MR) is 58.6 cm³/mol. The number of carbonyl (C=O) groups excluding carboxylic acids is 1. The second-order valence-electron chi connectivity index (χ2n) is 4.62. The van der Waals surface area contributed by atoms with Crippen LogP contribution in [0.25, 0.3) is 0 Å². The number of aliphatic carboxylic acids is 1. The van der Waals surface area contributed by atoms with Crippen molar-refractivity contribution in [2.24, 2.45) is 0 Å². The van der Waals surface area contributed by atoms with E-state index in [1.807, 2.05) is 13.8 Å². The summed E-state index contributed by atoms with van der Waals surface area (Å²) in [5.41, 5.74) is -0.549. The zero-order valence-corrected chi connectivity index (χ0v) is 9.97. The molecule has 7 heteroatoms. The van der Waals surface area contributed by atoms with Gasteiger partial charge in [0.2, 0.25) is 0 Å². The Kier molecular flexibility index (Phi) is 4.30. The Bertz CT molecular complexity index is 305. The molecule has 2 amide bonds. The lowest BCUT2D eigenvalue weighted by Gasteiger charge is -2.42. The largest absolute Gasteiger partial charge is 0.480 e. The minimum atomic E-state index is -1.09. The molecule has 17 heavy (non-hydrogen) atoms. The first-order chi connectivity index (χ1) is 7.84. The molecule has 1 atom stereocenters. The summed E-state index contributed by atoms with van der Waals surface area (Å²) in [7, 11) is 0. The molecule has 0 saturated carbocycles. The first-order valence-corrected chi connectivity index (χ1v) is 5.37. The SMILES string of the molecule is CC1(C)CN(C(=O)NCC(=O)O)CC(CO)O1. The zero-order valence-electron chi connectivity index (χ0n) is 9.97. The highest BCUT2D eigenvalue weighted by Crippen LogP contribution is 2.20. The number of nitrogens with one attached hydrogen (secondary N) is 1. The molecular formula is C10H18N2O5. The highest BCUT2D eigenvalue weighted by molar-refractivity contribution is 5.80. The third-order valence-electron chi connectivity index (χ3n) is 2.36. The van der Waals surface area contributed by atoms with Crippen molar-refractivity contribution in [3.8, 4) is 0 Å². The molecule has 0 aromatic heterocycles. The smallest absolute Gasteiger partial charge is 0.323 e. The number of amides is 2. The topological polar surface area (TPSA) is 99.1 Å². The highest BCUT2D eigenvalue weighted by Gasteiger charge is 2.35. The summed E-state index contributed by atoms with van der Waals surface area (Å²) in [6, 6.07) is -0.456. The van der Waals surface area contributed by atoms with E-state index in [1.54, 1.807) is 0 Å². The van der Waals surface area contributed by atoms with Crippen LogP contribution in [0.1, 0.15) is 13.8 Å². The summed E-state index contributed by atoms with van der Waals surface area (Å²) in [6.07, 6.45) is -0.436. The average Bonchev–Trinajstić information content (AvgIpc) is 2.23. The fourth-order valence-electron chi connectivity index (χ4n) is 1.81. The summed E-state index contributed by atoms with van der Waals surface area (Å²) in [5.74, 6) is -1.09. The number of nitrogens with zero attached hydrogens (tertiary/aromatic N) is 1. The predicted octanol–water partition coefficient (Wildman–Crippen LogP) is -0.748. The standard InChI is InChI=1S/C10H18N2O5/c1-10(2)6-12(4-7(5-13)17-10)9(16)11-3-8(14)15/h7,13H,3-6H2,1-2H3,(H,11,16)(H,14,15). The summed E-state index contributed by atoms with van der Waals surface area (Å²) in [4.78, 5) is 23.5. The van der Waals surface area contributed by atoms with Crippen LogP contribution in [-0.4, -0.2) is 65.1 Å². The number of ether oxygens (including phenoxy) is 1. The molecule has 1 rings (SSSR count). The number of urea groups is 1. The van der Waals surface area contributed by atoms with E-state index in [0.717, 1.165) is 0 Å². The van der Waals surface area contributed by atoms with Crippen LogP contribution in [-0.2, 0) is 9.53 Å². The molecule has 3 N–H and O–H groups in total. The molecule has 7 nitrogen and oxygen atoms in total. The lowest BCUT2D eigenvalue weighted by molar-refractivity contribution is -0.139. The van der Waals surface area contributed by atoms with E-state index in [1.165, 1.54) is 4.90 Å². The van der Waals surface area contributed by atoms with Gasteiger partial charge in [-0.15, -0.1) is 0 Å². The average molecular weight is 246 g/mol. The van der Waals surface area contributed by atoms with E-state index in [0.29, 0.717) is 6.54 Å². The van der Waals surface area contributed by atoms with Crippen molar-refractivity contribution in [3.63, 3.8) is 0 Å². The molecule has 0 radical (unpaired) electrons. The number of rotatable bonds is 3. The van der Waals surface area contributed by atoms with Gasteiger partial charge in [-0.25, -0.2) is 4.79 Å². The van der Waals surface area contributed by atoms with Crippen LogP contribution in [0.15, 0.2) is 0 Å². The zero-order chi connectivity index (χ0) is 13.1. The van der Waals surface area contributed by atoms with Gasteiger partial charge in [0.15, 0.2) is 0 Å². The quantitative estimate of drug-likeness (QED) is 0.608. The molecule has 1 heterocycles. The number of hydrogen-bond acceptors (Lipinski definition) is 4. The van der Waals surface area contributed by atoms with Crippen LogP contribution in [0.2, 0.25) is 0 Å². The van der Waals surface area contributed by atoms with E-state index >= 15 is 0 Å². The van der Waals surface area contributed by atoms with E-state index in [2.05, 4.69) is 5.32 Å². The summed E-state index contributed by atoms with van der Waals surface area (Å²) in [6.45, 7) is 3.64. The monoisotopic (exact) mass is 246 g/mol. The van der Waals surface area contributed by atoms with E-state index in [4.69, 9.17) is 14.9 Å². The second kappa shape index (κ2) is 5.33. The molecular weight excluding hydrogens is 228 g/mol. The van der Waals surface area contributed by atoms with Crippen molar-refractivity contribution < 1.29 is 24.5 Å². The van der Waals surface area contributed by atoms with Gasteiger partial charge in [0, 0.05) is 0 Å². The van der Waals surface area contributed by atoms with Gasteiger partial charge >= 0.3 is 12.0 Å². The van der Waals surface area contributed by atoms with Crippen LogP contribution in [0.4, 0.5) is 4.79 Å². The van der Waals surface area contributed by atoms with Gasteiger partial charge in [-0.2, -0.15) is 0 Å². The maximum atomic E-state index is 11.7. The normalized spacial score (nSPS) is 23.2. The first kappa shape index (κ1) is 13.7. The highest BCUT2D eigenvalue weighted by atomic mass is 16.5. The van der Waals surface area contributed by atoms with Gasteiger partial charge in [0.25, 0.3) is 0 Å². The van der Waals surface area contributed by atoms with Crippen LogP contribution >= 0.6 is 0 Å². The van der Waals surface area contributed by atoms with E-state index in [-0.39, 0.29) is 13.2 Å². The van der Waals surface area contributed by atoms with Crippen LogP contribution in [0.5, 0.6) is 0 Å². The van der Waals surface area contributed by atoms with Gasteiger partial charge in [-0.3, -0.25) is 4.79 Å². The summed E-state index contributed by atoms with van der Waals surface area (Å²) >= 11 is 0. The summed E-state index contributed by atoms with van der Waals surface area (Å²) in [5, 5.41) is 19.8. The van der Waals surface area contributed by atoms with Gasteiger partial charge in [0.1, 0.15) is 6.54 Å².